The molecule has 0 aromatic carbocycles. The highest BCUT2D eigenvalue weighted by molar-refractivity contribution is 5.86. The van der Waals surface area contributed by atoms with Crippen molar-refractivity contribution in [1.29, 1.82) is 0 Å². The van der Waals surface area contributed by atoms with E-state index in [1.54, 1.807) is 6.92 Å². The van der Waals surface area contributed by atoms with Crippen LogP contribution < -0.4 is 5.32 Å². The molecule has 3 nitrogen and oxygen atoms in total. The molecule has 0 aromatic heterocycles. The molecule has 0 unspecified atom stereocenters. The van der Waals surface area contributed by atoms with E-state index in [0.29, 0.717) is 24.3 Å². The molecule has 1 rings (SSSR count). The van der Waals surface area contributed by atoms with Crippen LogP contribution in [0.1, 0.15) is 26.2 Å². The molecule has 1 saturated heterocycles. The Morgan fingerprint density at radius 2 is 2.11 bits per heavy atom. The van der Waals surface area contributed by atoms with Crippen molar-refractivity contribution < 1.29 is 22.4 Å². The fraction of sp³-hybridized carbons (Fsp3) is 0.909. The Morgan fingerprint density at radius 3 is 2.56 bits per heavy atom. The van der Waals surface area contributed by atoms with E-state index < -0.39 is 24.3 Å². The predicted octanol–water partition coefficient (Wildman–Crippen LogP) is 1.88. The quantitative estimate of drug-likeness (QED) is 0.774. The second kappa shape index (κ2) is 5.86. The van der Waals surface area contributed by atoms with Crippen molar-refractivity contribution in [3.8, 4) is 0 Å². The zero-order valence-electron chi connectivity index (χ0n) is 10.3. The fourth-order valence-corrected chi connectivity index (χ4v) is 1.95. The third kappa shape index (κ3) is 4.12. The molecule has 1 atom stereocenters. The van der Waals surface area contributed by atoms with Crippen molar-refractivity contribution >= 4 is 5.91 Å². The van der Waals surface area contributed by atoms with Crippen LogP contribution >= 0.6 is 0 Å². The van der Waals surface area contributed by atoms with Gasteiger partial charge in [-0.25, -0.2) is 4.39 Å². The van der Waals surface area contributed by atoms with E-state index in [1.165, 1.54) is 0 Å². The van der Waals surface area contributed by atoms with Gasteiger partial charge in [0.2, 0.25) is 5.67 Å². The number of unbranched alkanes of at least 4 members (excludes halogenated alkanes) is 1. The third-order valence-corrected chi connectivity index (χ3v) is 2.93. The van der Waals surface area contributed by atoms with Gasteiger partial charge in [0.15, 0.2) is 0 Å². The minimum absolute atomic E-state index is 0.0550. The van der Waals surface area contributed by atoms with Crippen LogP contribution in [-0.4, -0.2) is 48.8 Å². The largest absolute Gasteiger partial charge is 0.406 e. The number of halogens is 4. The standard InChI is InChI=1S/C11H18F4N2O/c1-2-3-6-17(8-11(13,14)15)9(18)10(12)4-5-16-7-10/h16H,2-8H2,1H3/t10-/m0/s1. The summed E-state index contributed by atoms with van der Waals surface area (Å²) in [5.41, 5.74) is -2.18. The molecule has 0 radical (unpaired) electrons. The minimum atomic E-state index is -4.49. The van der Waals surface area contributed by atoms with Crippen LogP contribution in [0.15, 0.2) is 0 Å². The molecule has 0 spiro atoms. The van der Waals surface area contributed by atoms with Crippen molar-refractivity contribution in [3.05, 3.63) is 0 Å². The Bertz CT molecular complexity index is 287. The van der Waals surface area contributed by atoms with Gasteiger partial charge >= 0.3 is 6.18 Å². The second-order valence-corrected chi connectivity index (χ2v) is 4.59. The first kappa shape index (κ1) is 15.2. The monoisotopic (exact) mass is 270 g/mol. The van der Waals surface area contributed by atoms with Crippen molar-refractivity contribution in [1.82, 2.24) is 10.2 Å². The highest BCUT2D eigenvalue weighted by Gasteiger charge is 2.46. The topological polar surface area (TPSA) is 32.3 Å². The first-order chi connectivity index (χ1) is 8.28. The van der Waals surface area contributed by atoms with Crippen LogP contribution in [0.25, 0.3) is 0 Å². The Morgan fingerprint density at radius 1 is 1.44 bits per heavy atom. The van der Waals surface area contributed by atoms with Gasteiger partial charge in [0.05, 0.1) is 0 Å². The molecule has 0 bridgehead atoms. The molecule has 0 aliphatic carbocycles. The number of nitrogens with one attached hydrogen (secondary N) is 1. The lowest BCUT2D eigenvalue weighted by Gasteiger charge is -2.29. The van der Waals surface area contributed by atoms with Gasteiger partial charge < -0.3 is 10.2 Å². The summed E-state index contributed by atoms with van der Waals surface area (Å²) in [7, 11) is 0. The first-order valence-electron chi connectivity index (χ1n) is 6.04. The van der Waals surface area contributed by atoms with Crippen LogP contribution in [-0.2, 0) is 4.79 Å². The Hall–Kier alpha value is -0.850. The van der Waals surface area contributed by atoms with Crippen LogP contribution in [0, 0.1) is 0 Å². The highest BCUT2D eigenvalue weighted by atomic mass is 19.4. The lowest BCUT2D eigenvalue weighted by atomic mass is 10.0. The van der Waals surface area contributed by atoms with Gasteiger partial charge in [-0.05, 0) is 13.0 Å². The molecule has 1 heterocycles. The summed E-state index contributed by atoms with van der Waals surface area (Å²) in [4.78, 5) is 12.5. The van der Waals surface area contributed by atoms with Gasteiger partial charge in [-0.15, -0.1) is 0 Å². The van der Waals surface area contributed by atoms with Crippen molar-refractivity contribution in [3.63, 3.8) is 0 Å². The van der Waals surface area contributed by atoms with E-state index in [-0.39, 0.29) is 19.5 Å². The third-order valence-electron chi connectivity index (χ3n) is 2.93. The average molecular weight is 270 g/mol. The van der Waals surface area contributed by atoms with E-state index >= 15 is 0 Å². The maximum atomic E-state index is 14.1. The lowest BCUT2D eigenvalue weighted by Crippen LogP contribution is -2.50. The number of hydrogen-bond donors (Lipinski definition) is 1. The average Bonchev–Trinajstić information content (AvgIpc) is 2.70. The van der Waals surface area contributed by atoms with Crippen LogP contribution in [0.3, 0.4) is 0 Å². The molecule has 1 fully saturated rings. The van der Waals surface area contributed by atoms with Crippen molar-refractivity contribution in [2.24, 2.45) is 0 Å². The summed E-state index contributed by atoms with van der Waals surface area (Å²) in [6, 6.07) is 0. The number of rotatable bonds is 5. The number of carbonyl (C=O) groups excluding carboxylic acids is 1. The normalized spacial score (nSPS) is 24.3. The molecule has 1 aliphatic rings. The van der Waals surface area contributed by atoms with Gasteiger partial charge in [0.25, 0.3) is 5.91 Å². The number of alkyl halides is 4. The lowest BCUT2D eigenvalue weighted by molar-refractivity contribution is -0.168. The molecular weight excluding hydrogens is 252 g/mol. The van der Waals surface area contributed by atoms with Crippen LogP contribution in [0.2, 0.25) is 0 Å². The molecular formula is C11H18F4N2O. The summed E-state index contributed by atoms with van der Waals surface area (Å²) in [5.74, 6) is -1.04. The first-order valence-corrected chi connectivity index (χ1v) is 6.04. The van der Waals surface area contributed by atoms with Crippen molar-refractivity contribution in [2.75, 3.05) is 26.2 Å². The maximum Gasteiger partial charge on any atom is 0.406 e. The molecule has 0 saturated carbocycles. The Balaban J connectivity index is 2.71. The van der Waals surface area contributed by atoms with Gasteiger partial charge in [0.1, 0.15) is 6.54 Å². The van der Waals surface area contributed by atoms with Gasteiger partial charge in [-0.1, -0.05) is 13.3 Å². The second-order valence-electron chi connectivity index (χ2n) is 4.59. The van der Waals surface area contributed by atoms with Gasteiger partial charge in [0, 0.05) is 19.5 Å². The van der Waals surface area contributed by atoms with Crippen molar-refractivity contribution in [2.45, 2.75) is 38.0 Å². The smallest absolute Gasteiger partial charge is 0.331 e. The molecule has 1 amide bonds. The SMILES string of the molecule is CCCCN(CC(F)(F)F)C(=O)[C@]1(F)CCNC1. The zero-order chi connectivity index (χ0) is 13.8. The van der Waals surface area contributed by atoms with Crippen LogP contribution in [0.4, 0.5) is 17.6 Å². The zero-order valence-corrected chi connectivity index (χ0v) is 10.3. The highest BCUT2D eigenvalue weighted by Crippen LogP contribution is 2.25. The summed E-state index contributed by atoms with van der Waals surface area (Å²) in [6.45, 7) is 0.485. The summed E-state index contributed by atoms with van der Waals surface area (Å²) in [6.07, 6.45) is -3.47. The van der Waals surface area contributed by atoms with E-state index in [9.17, 15) is 22.4 Å². The van der Waals surface area contributed by atoms with Gasteiger partial charge in [-0.2, -0.15) is 13.2 Å². The fourth-order valence-electron chi connectivity index (χ4n) is 1.95. The molecule has 106 valence electrons. The minimum Gasteiger partial charge on any atom is -0.331 e. The van der Waals surface area contributed by atoms with E-state index in [2.05, 4.69) is 5.32 Å². The number of carbonyl (C=O) groups is 1. The van der Waals surface area contributed by atoms with Crippen LogP contribution in [0.5, 0.6) is 0 Å². The Kier molecular flexibility index (Phi) is 4.95. The maximum absolute atomic E-state index is 14.1. The van der Waals surface area contributed by atoms with Gasteiger partial charge in [-0.3, -0.25) is 4.79 Å². The van der Waals surface area contributed by atoms with E-state index in [4.69, 9.17) is 0 Å². The predicted molar refractivity (Wildman–Crippen MR) is 58.9 cm³/mol. The van der Waals surface area contributed by atoms with E-state index in [0.717, 1.165) is 0 Å². The summed E-state index contributed by atoms with van der Waals surface area (Å²) >= 11 is 0. The van der Waals surface area contributed by atoms with E-state index in [1.807, 2.05) is 0 Å². The molecule has 0 aromatic rings. The number of hydrogen-bond acceptors (Lipinski definition) is 2. The number of amides is 1. The number of nitrogens with zero attached hydrogens (tertiary/aromatic N) is 1. The molecule has 1 aliphatic heterocycles. The molecule has 18 heavy (non-hydrogen) atoms. The summed E-state index contributed by atoms with van der Waals surface area (Å²) < 4.78 is 51.3. The summed E-state index contributed by atoms with van der Waals surface area (Å²) in [5, 5.41) is 2.66. The Labute approximate surface area is 104 Å². The molecule has 1 N–H and O–H groups in total. The molecule has 7 heteroatoms.